The molecule has 0 saturated heterocycles. The number of carbonyl (C=O) groups is 3. The van der Waals surface area contributed by atoms with Crippen molar-refractivity contribution in [1.82, 2.24) is 10.6 Å². The fourth-order valence-corrected chi connectivity index (χ4v) is 9.59. The molecular formula is C53H60N4O5. The summed E-state index contributed by atoms with van der Waals surface area (Å²) in [4.78, 5) is 39.7. The molecule has 0 bridgehead atoms. The Morgan fingerprint density at radius 2 is 1.44 bits per heavy atom. The van der Waals surface area contributed by atoms with E-state index < -0.39 is 18.1 Å². The highest BCUT2D eigenvalue weighted by Crippen LogP contribution is 2.48. The van der Waals surface area contributed by atoms with Crippen molar-refractivity contribution in [3.63, 3.8) is 0 Å². The highest BCUT2D eigenvalue weighted by atomic mass is 16.5. The molecule has 4 aromatic carbocycles. The molecule has 9 heteroatoms. The van der Waals surface area contributed by atoms with Crippen LogP contribution in [0.1, 0.15) is 101 Å². The number of hydrogen-bond donors (Lipinski definition) is 2. The number of anilines is 1. The van der Waals surface area contributed by atoms with Crippen LogP contribution in [0.4, 0.5) is 16.2 Å². The molecule has 2 heterocycles. The minimum atomic E-state index is -1.36. The number of ether oxygens (including phenoxy) is 1. The molecule has 322 valence electrons. The van der Waals surface area contributed by atoms with E-state index in [1.54, 1.807) is 0 Å². The molecule has 1 aliphatic carbocycles. The minimum Gasteiger partial charge on any atom is -0.548 e. The number of carbonyl (C=O) groups excluding carboxylic acids is 3. The van der Waals surface area contributed by atoms with Gasteiger partial charge in [-0.1, -0.05) is 123 Å². The Bertz CT molecular complexity index is 2380. The van der Waals surface area contributed by atoms with Crippen LogP contribution >= 0.6 is 0 Å². The summed E-state index contributed by atoms with van der Waals surface area (Å²) < 4.78 is 7.82. The number of nitrogens with zero attached hydrogens (tertiary/aromatic N) is 2. The molecule has 0 aromatic heterocycles. The van der Waals surface area contributed by atoms with E-state index in [9.17, 15) is 19.5 Å². The first-order valence-electron chi connectivity index (χ1n) is 22.1. The molecule has 62 heavy (non-hydrogen) atoms. The molecule has 7 rings (SSSR count). The zero-order valence-corrected chi connectivity index (χ0v) is 36.8. The Labute approximate surface area is 366 Å². The third-order valence-corrected chi connectivity index (χ3v) is 12.9. The Morgan fingerprint density at radius 1 is 0.774 bits per heavy atom. The predicted octanol–water partition coefficient (Wildman–Crippen LogP) is 8.99. The first-order valence-corrected chi connectivity index (χ1v) is 22.1. The zero-order chi connectivity index (χ0) is 43.9. The van der Waals surface area contributed by atoms with Crippen molar-refractivity contribution in [1.29, 1.82) is 0 Å². The summed E-state index contributed by atoms with van der Waals surface area (Å²) in [5.41, 5.74) is 11.9. The van der Waals surface area contributed by atoms with Crippen molar-refractivity contribution >= 4 is 35.1 Å². The molecule has 0 saturated carbocycles. The fraction of sp³-hybridized carbons (Fsp3) is 0.358. The second-order valence-corrected chi connectivity index (χ2v) is 17.7. The lowest BCUT2D eigenvalue weighted by atomic mass is 9.81. The number of carboxylic acid groups (broad SMARTS) is 1. The van der Waals surface area contributed by atoms with Crippen LogP contribution in [0, 0.1) is 0 Å². The van der Waals surface area contributed by atoms with Crippen molar-refractivity contribution in [2.75, 3.05) is 31.6 Å². The summed E-state index contributed by atoms with van der Waals surface area (Å²) in [7, 11) is 2.14. The first-order chi connectivity index (χ1) is 29.9. The predicted molar refractivity (Wildman–Crippen MR) is 246 cm³/mol. The maximum Gasteiger partial charge on any atom is 0.407 e. The van der Waals surface area contributed by atoms with Crippen molar-refractivity contribution in [3.8, 4) is 11.1 Å². The van der Waals surface area contributed by atoms with E-state index in [0.29, 0.717) is 25.8 Å². The highest BCUT2D eigenvalue weighted by Gasteiger charge is 2.42. The van der Waals surface area contributed by atoms with Gasteiger partial charge in [-0.3, -0.25) is 4.79 Å². The number of carboxylic acids is 1. The van der Waals surface area contributed by atoms with Crippen molar-refractivity contribution < 1.29 is 28.8 Å². The van der Waals surface area contributed by atoms with Crippen LogP contribution in [0.25, 0.3) is 11.1 Å². The largest absolute Gasteiger partial charge is 0.548 e. The minimum absolute atomic E-state index is 0.0149. The smallest absolute Gasteiger partial charge is 0.407 e. The van der Waals surface area contributed by atoms with Gasteiger partial charge >= 0.3 is 6.09 Å². The number of para-hydroxylation sites is 2. The molecule has 0 radical (unpaired) electrons. The molecule has 0 fully saturated rings. The number of benzene rings is 4. The number of unbranched alkanes of at least 4 members (excludes halogenated alkanes) is 3. The summed E-state index contributed by atoms with van der Waals surface area (Å²) in [6, 6.07) is 32.1. The van der Waals surface area contributed by atoms with E-state index in [4.69, 9.17) is 4.74 Å². The van der Waals surface area contributed by atoms with E-state index >= 15 is 0 Å². The van der Waals surface area contributed by atoms with E-state index in [1.165, 1.54) is 33.9 Å². The average Bonchev–Trinajstić information content (AvgIpc) is 3.77. The quantitative estimate of drug-likeness (QED) is 0.0588. The molecule has 3 aliphatic rings. The molecule has 9 nitrogen and oxygen atoms in total. The van der Waals surface area contributed by atoms with Crippen LogP contribution in [0.2, 0.25) is 0 Å². The molecular weight excluding hydrogens is 773 g/mol. The normalized spacial score (nSPS) is 17.0. The van der Waals surface area contributed by atoms with Crippen molar-refractivity contribution in [3.05, 3.63) is 155 Å². The van der Waals surface area contributed by atoms with Gasteiger partial charge in [-0.15, -0.1) is 0 Å². The van der Waals surface area contributed by atoms with Gasteiger partial charge in [0.25, 0.3) is 0 Å². The number of alkyl carbamates (subject to hydrolysis) is 1. The van der Waals surface area contributed by atoms with Gasteiger partial charge in [0.1, 0.15) is 13.7 Å². The van der Waals surface area contributed by atoms with Gasteiger partial charge in [0.2, 0.25) is 11.6 Å². The average molecular weight is 833 g/mol. The first kappa shape index (κ1) is 43.9. The van der Waals surface area contributed by atoms with Crippen LogP contribution in [-0.2, 0) is 25.2 Å². The Balaban J connectivity index is 0.820. The van der Waals surface area contributed by atoms with Crippen LogP contribution in [0.5, 0.6) is 0 Å². The van der Waals surface area contributed by atoms with E-state index in [-0.39, 0.29) is 35.7 Å². The second kappa shape index (κ2) is 19.2. The van der Waals surface area contributed by atoms with Gasteiger partial charge in [-0.25, -0.2) is 4.79 Å². The standard InChI is InChI=1S/C53H60N4O5/c1-52(2)42-26-15-17-29-45(42)56(5)47(52)31-8-6-9-32-48-53(3,4)43-27-16-18-30-46(43)57(48)35-21-7-10-33-49(58)54-34-20-19-28-44(50(59)60)55-51(61)62-36-41-39-24-13-11-22-37(39)38-23-12-14-25-40(38)41/h6,8-9,11-18,22-27,29-32,41,44H,7,10,19-21,28,33-36H2,1-5H3,(H2-,54,55,58,59,60,61)/t44-/m0/s1. The van der Waals surface area contributed by atoms with Gasteiger partial charge in [-0.05, 0) is 85.9 Å². The van der Waals surface area contributed by atoms with Gasteiger partial charge in [-0.2, -0.15) is 4.58 Å². The third-order valence-electron chi connectivity index (χ3n) is 12.9. The molecule has 4 aromatic rings. The molecule has 2 N–H and O–H groups in total. The third kappa shape index (κ3) is 9.32. The van der Waals surface area contributed by atoms with E-state index in [1.807, 2.05) is 36.4 Å². The van der Waals surface area contributed by atoms with Crippen molar-refractivity contribution in [2.24, 2.45) is 0 Å². The molecule has 0 unspecified atom stereocenters. The maximum absolute atomic E-state index is 12.7. The number of nitrogens with one attached hydrogen (secondary N) is 2. The molecule has 0 spiro atoms. The molecule has 2 aliphatic heterocycles. The summed E-state index contributed by atoms with van der Waals surface area (Å²) in [6.07, 6.45) is 14.4. The van der Waals surface area contributed by atoms with Gasteiger partial charge < -0.3 is 30.2 Å². The molecule has 2 amide bonds. The topological polar surface area (TPSA) is 114 Å². The summed E-state index contributed by atoms with van der Waals surface area (Å²) in [5, 5.41) is 17.3. The number of fused-ring (bicyclic) bond motifs is 5. The van der Waals surface area contributed by atoms with Crippen LogP contribution in [-0.4, -0.2) is 61.0 Å². The van der Waals surface area contributed by atoms with Gasteiger partial charge in [0.05, 0.1) is 17.4 Å². The van der Waals surface area contributed by atoms with Gasteiger partial charge in [0, 0.05) is 59.9 Å². The number of aliphatic carboxylic acids is 1. The Hall–Kier alpha value is -6.22. The fourth-order valence-electron chi connectivity index (χ4n) is 9.59. The number of hydrogen-bond acceptors (Lipinski definition) is 6. The zero-order valence-electron chi connectivity index (χ0n) is 36.8. The highest BCUT2D eigenvalue weighted by molar-refractivity contribution is 6.03. The summed E-state index contributed by atoms with van der Waals surface area (Å²) in [6.45, 7) is 10.5. The lowest BCUT2D eigenvalue weighted by Gasteiger charge is -2.27. The van der Waals surface area contributed by atoms with Crippen LogP contribution < -0.4 is 20.6 Å². The van der Waals surface area contributed by atoms with Crippen molar-refractivity contribution in [2.45, 2.75) is 95.4 Å². The lowest BCUT2D eigenvalue weighted by Crippen LogP contribution is -2.48. The van der Waals surface area contributed by atoms with E-state index in [0.717, 1.165) is 48.1 Å². The number of amides is 2. The number of allylic oxidation sites excluding steroid dienone is 6. The molecule has 1 atom stereocenters. The number of rotatable bonds is 18. The van der Waals surface area contributed by atoms with Crippen LogP contribution in [0.15, 0.2) is 133 Å². The maximum atomic E-state index is 12.7. The monoisotopic (exact) mass is 832 g/mol. The Kier molecular flexibility index (Phi) is 13.6. The summed E-state index contributed by atoms with van der Waals surface area (Å²) in [5.74, 6) is -1.50. The van der Waals surface area contributed by atoms with E-state index in [2.05, 4.69) is 146 Å². The van der Waals surface area contributed by atoms with Crippen LogP contribution in [0.3, 0.4) is 0 Å². The lowest BCUT2D eigenvalue weighted by molar-refractivity contribution is -0.401. The van der Waals surface area contributed by atoms with Gasteiger partial charge in [0.15, 0.2) is 5.71 Å². The second-order valence-electron chi connectivity index (χ2n) is 17.7. The SMILES string of the molecule is C[N+]1=C(C=CC=CC=C2N(CCCCCC(=O)NCCCC[C@H](NC(=O)OCC3c4ccccc4-c4ccccc43)C(=O)[O-])c3ccccc3C2(C)C)C(C)(C)c2ccccc21. The Morgan fingerprint density at radius 3 is 2.15 bits per heavy atom. The summed E-state index contributed by atoms with van der Waals surface area (Å²) >= 11 is 0.